The summed E-state index contributed by atoms with van der Waals surface area (Å²) in [5.74, 6) is -0.500. The first-order valence-corrected chi connectivity index (χ1v) is 6.30. The van der Waals surface area contributed by atoms with Gasteiger partial charge in [-0.15, -0.1) is 0 Å². The van der Waals surface area contributed by atoms with Crippen LogP contribution >= 0.6 is 0 Å². The molecule has 17 heavy (non-hydrogen) atoms. The quantitative estimate of drug-likeness (QED) is 0.852. The molecule has 0 bridgehead atoms. The van der Waals surface area contributed by atoms with Crippen LogP contribution in [0.4, 0.5) is 8.78 Å². The maximum Gasteiger partial charge on any atom is 0.245 e. The number of benzene rings is 1. The lowest BCUT2D eigenvalue weighted by atomic mass is 9.83. The van der Waals surface area contributed by atoms with Crippen molar-refractivity contribution >= 4 is 0 Å². The van der Waals surface area contributed by atoms with Crippen LogP contribution in [0.2, 0.25) is 0 Å². The SMILES string of the molecule is NCc1ccccc1C(C(F)F)C1CCCC1. The second-order valence-corrected chi connectivity index (χ2v) is 4.81. The number of rotatable bonds is 4. The van der Waals surface area contributed by atoms with Crippen LogP contribution in [0.5, 0.6) is 0 Å². The fraction of sp³-hybridized carbons (Fsp3) is 0.571. The number of nitrogens with two attached hydrogens (primary N) is 1. The molecule has 0 spiro atoms. The fourth-order valence-electron chi connectivity index (χ4n) is 2.96. The normalized spacial score (nSPS) is 18.8. The third kappa shape index (κ3) is 2.65. The second-order valence-electron chi connectivity index (χ2n) is 4.81. The van der Waals surface area contributed by atoms with Gasteiger partial charge in [0.15, 0.2) is 0 Å². The molecule has 0 saturated heterocycles. The zero-order valence-corrected chi connectivity index (χ0v) is 9.91. The van der Waals surface area contributed by atoms with Gasteiger partial charge in [-0.3, -0.25) is 0 Å². The molecule has 1 nitrogen and oxygen atoms in total. The highest BCUT2D eigenvalue weighted by atomic mass is 19.3. The van der Waals surface area contributed by atoms with Gasteiger partial charge in [0.05, 0.1) is 0 Å². The second kappa shape index (κ2) is 5.58. The largest absolute Gasteiger partial charge is 0.326 e. The molecular formula is C14H19F2N. The Labute approximate surface area is 101 Å². The lowest BCUT2D eigenvalue weighted by Gasteiger charge is -2.25. The average molecular weight is 239 g/mol. The Morgan fingerprint density at radius 2 is 1.82 bits per heavy atom. The Morgan fingerprint density at radius 3 is 2.41 bits per heavy atom. The molecule has 0 aromatic heterocycles. The van der Waals surface area contributed by atoms with E-state index in [1.807, 2.05) is 24.3 Å². The van der Waals surface area contributed by atoms with Gasteiger partial charge in [-0.2, -0.15) is 0 Å². The molecule has 1 saturated carbocycles. The lowest BCUT2D eigenvalue weighted by Crippen LogP contribution is -2.20. The topological polar surface area (TPSA) is 26.0 Å². The van der Waals surface area contributed by atoms with Gasteiger partial charge in [0, 0.05) is 12.5 Å². The van der Waals surface area contributed by atoms with E-state index in [2.05, 4.69) is 0 Å². The van der Waals surface area contributed by atoms with Crippen LogP contribution in [0.25, 0.3) is 0 Å². The highest BCUT2D eigenvalue weighted by Gasteiger charge is 2.34. The van der Waals surface area contributed by atoms with Gasteiger partial charge in [-0.05, 0) is 29.9 Å². The summed E-state index contributed by atoms with van der Waals surface area (Å²) in [6.45, 7) is 0.339. The summed E-state index contributed by atoms with van der Waals surface area (Å²) >= 11 is 0. The van der Waals surface area contributed by atoms with Crippen LogP contribution in [0.15, 0.2) is 24.3 Å². The molecular weight excluding hydrogens is 220 g/mol. The van der Waals surface area contributed by atoms with Crippen molar-refractivity contribution < 1.29 is 8.78 Å². The van der Waals surface area contributed by atoms with Crippen molar-refractivity contribution in [3.05, 3.63) is 35.4 Å². The van der Waals surface area contributed by atoms with Gasteiger partial charge in [-0.1, -0.05) is 37.1 Å². The van der Waals surface area contributed by atoms with E-state index >= 15 is 0 Å². The van der Waals surface area contributed by atoms with Gasteiger partial charge in [0.2, 0.25) is 6.43 Å². The fourth-order valence-corrected chi connectivity index (χ4v) is 2.96. The molecule has 0 aliphatic heterocycles. The maximum atomic E-state index is 13.3. The zero-order valence-electron chi connectivity index (χ0n) is 9.91. The zero-order chi connectivity index (χ0) is 12.3. The number of alkyl halides is 2. The van der Waals surface area contributed by atoms with Crippen molar-refractivity contribution in [1.29, 1.82) is 0 Å². The van der Waals surface area contributed by atoms with Crippen LogP contribution in [0.3, 0.4) is 0 Å². The van der Waals surface area contributed by atoms with Crippen LogP contribution < -0.4 is 5.73 Å². The molecule has 1 aliphatic carbocycles. The van der Waals surface area contributed by atoms with Crippen LogP contribution in [0, 0.1) is 5.92 Å². The highest BCUT2D eigenvalue weighted by Crippen LogP contribution is 2.41. The molecule has 0 radical (unpaired) electrons. The third-order valence-corrected chi connectivity index (χ3v) is 3.81. The molecule has 1 fully saturated rings. The monoisotopic (exact) mass is 239 g/mol. The minimum absolute atomic E-state index is 0.127. The Bertz CT molecular complexity index is 359. The van der Waals surface area contributed by atoms with E-state index in [-0.39, 0.29) is 5.92 Å². The summed E-state index contributed by atoms with van der Waals surface area (Å²) in [6, 6.07) is 7.37. The summed E-state index contributed by atoms with van der Waals surface area (Å²) in [6.07, 6.45) is 1.73. The average Bonchev–Trinajstić information content (AvgIpc) is 2.83. The number of halogens is 2. The Hall–Kier alpha value is -0.960. The molecule has 94 valence electrons. The smallest absolute Gasteiger partial charge is 0.245 e. The minimum Gasteiger partial charge on any atom is -0.326 e. The van der Waals surface area contributed by atoms with E-state index in [1.54, 1.807) is 0 Å². The van der Waals surface area contributed by atoms with Gasteiger partial charge in [0.25, 0.3) is 0 Å². The van der Waals surface area contributed by atoms with Gasteiger partial charge < -0.3 is 5.73 Å². The van der Waals surface area contributed by atoms with Gasteiger partial charge in [0.1, 0.15) is 0 Å². The molecule has 2 rings (SSSR count). The predicted molar refractivity (Wildman–Crippen MR) is 65.0 cm³/mol. The van der Waals surface area contributed by atoms with Crippen molar-refractivity contribution in [3.8, 4) is 0 Å². The van der Waals surface area contributed by atoms with E-state index in [1.165, 1.54) is 0 Å². The van der Waals surface area contributed by atoms with E-state index in [0.717, 1.165) is 36.8 Å². The van der Waals surface area contributed by atoms with Crippen molar-refractivity contribution in [2.24, 2.45) is 11.7 Å². The first-order valence-electron chi connectivity index (χ1n) is 6.30. The van der Waals surface area contributed by atoms with Crippen molar-refractivity contribution in [3.63, 3.8) is 0 Å². The third-order valence-electron chi connectivity index (χ3n) is 3.81. The summed E-state index contributed by atoms with van der Waals surface area (Å²) < 4.78 is 26.6. The summed E-state index contributed by atoms with van der Waals surface area (Å²) in [5, 5.41) is 0. The van der Waals surface area contributed by atoms with Crippen molar-refractivity contribution in [2.75, 3.05) is 0 Å². The highest BCUT2D eigenvalue weighted by molar-refractivity contribution is 5.31. The van der Waals surface area contributed by atoms with E-state index < -0.39 is 12.3 Å². The predicted octanol–water partition coefficient (Wildman–Crippen LogP) is 3.68. The van der Waals surface area contributed by atoms with Crippen LogP contribution in [0.1, 0.15) is 42.7 Å². The molecule has 3 heteroatoms. The minimum atomic E-state index is -2.29. The van der Waals surface area contributed by atoms with Gasteiger partial charge >= 0.3 is 0 Å². The van der Waals surface area contributed by atoms with E-state index in [4.69, 9.17) is 5.73 Å². The van der Waals surface area contributed by atoms with E-state index in [9.17, 15) is 8.78 Å². The van der Waals surface area contributed by atoms with E-state index in [0.29, 0.717) is 6.54 Å². The van der Waals surface area contributed by atoms with Crippen LogP contribution in [-0.4, -0.2) is 6.43 Å². The molecule has 0 heterocycles. The molecule has 1 unspecified atom stereocenters. The summed E-state index contributed by atoms with van der Waals surface area (Å²) in [5.41, 5.74) is 7.27. The standard InChI is InChI=1S/C14H19F2N/c15-14(16)13(10-5-1-2-6-10)12-8-4-3-7-11(12)9-17/h3-4,7-8,10,13-14H,1-2,5-6,9,17H2. The summed E-state index contributed by atoms with van der Waals surface area (Å²) in [4.78, 5) is 0. The number of hydrogen-bond donors (Lipinski definition) is 1. The Kier molecular flexibility index (Phi) is 4.11. The lowest BCUT2D eigenvalue weighted by molar-refractivity contribution is 0.0863. The molecule has 1 atom stereocenters. The molecule has 1 aromatic carbocycles. The molecule has 2 N–H and O–H groups in total. The molecule has 0 amide bonds. The molecule has 1 aromatic rings. The van der Waals surface area contributed by atoms with Gasteiger partial charge in [-0.25, -0.2) is 8.78 Å². The first-order chi connectivity index (χ1) is 8.24. The summed E-state index contributed by atoms with van der Waals surface area (Å²) in [7, 11) is 0. The maximum absolute atomic E-state index is 13.3. The van der Waals surface area contributed by atoms with Crippen molar-refractivity contribution in [2.45, 2.75) is 44.6 Å². The molecule has 1 aliphatic rings. The Morgan fingerprint density at radius 1 is 1.18 bits per heavy atom. The van der Waals surface area contributed by atoms with Crippen LogP contribution in [-0.2, 0) is 6.54 Å². The Balaban J connectivity index is 2.31. The number of hydrogen-bond acceptors (Lipinski definition) is 1. The first kappa shape index (κ1) is 12.5. The van der Waals surface area contributed by atoms with Crippen molar-refractivity contribution in [1.82, 2.24) is 0 Å².